The Kier molecular flexibility index (Phi) is 5.09. The number of phenols is 1. The van der Waals surface area contributed by atoms with E-state index in [1.165, 1.54) is 22.5 Å². The number of carbonyl (C=O) groups excluding carboxylic acids is 1. The van der Waals surface area contributed by atoms with Crippen molar-refractivity contribution in [3.05, 3.63) is 53.6 Å². The van der Waals surface area contributed by atoms with E-state index in [0.717, 1.165) is 24.1 Å². The predicted molar refractivity (Wildman–Crippen MR) is 104 cm³/mol. The number of fused-ring (bicyclic) bond motifs is 1. The minimum absolute atomic E-state index is 0.000782. The average Bonchev–Trinajstić information content (AvgIpc) is 2.73. The van der Waals surface area contributed by atoms with Gasteiger partial charge in [-0.05, 0) is 42.7 Å². The minimum Gasteiger partial charge on any atom is -0.507 e. The molecule has 28 heavy (non-hydrogen) atoms. The Bertz CT molecular complexity index is 999. The van der Waals surface area contributed by atoms with E-state index in [4.69, 9.17) is 4.74 Å². The first-order valence-corrected chi connectivity index (χ1v) is 10.7. The van der Waals surface area contributed by atoms with E-state index in [1.807, 2.05) is 24.3 Å². The zero-order valence-corrected chi connectivity index (χ0v) is 16.2. The Hall–Kier alpha value is -2.42. The van der Waals surface area contributed by atoms with Crippen molar-refractivity contribution in [1.82, 2.24) is 4.31 Å². The number of para-hydroxylation sites is 1. The smallest absolute Gasteiger partial charge is 0.262 e. The quantitative estimate of drug-likeness (QED) is 0.849. The van der Waals surface area contributed by atoms with E-state index in [0.29, 0.717) is 19.8 Å². The molecule has 0 atom stereocenters. The second-order valence-corrected chi connectivity index (χ2v) is 8.82. The zero-order valence-electron chi connectivity index (χ0n) is 15.4. The number of phenolic OH excluding ortho intramolecular Hbond substituents is 1. The van der Waals surface area contributed by atoms with Gasteiger partial charge in [-0.15, -0.1) is 0 Å². The molecule has 7 nitrogen and oxygen atoms in total. The van der Waals surface area contributed by atoms with Crippen LogP contribution in [0.1, 0.15) is 22.3 Å². The number of hydrogen-bond donors (Lipinski definition) is 1. The maximum absolute atomic E-state index is 13.2. The van der Waals surface area contributed by atoms with Gasteiger partial charge < -0.3 is 14.7 Å². The number of aryl methyl sites for hydroxylation is 1. The number of amides is 1. The van der Waals surface area contributed by atoms with Crippen molar-refractivity contribution in [3.8, 4) is 5.75 Å². The topological polar surface area (TPSA) is 87.2 Å². The summed E-state index contributed by atoms with van der Waals surface area (Å²) < 4.78 is 32.4. The van der Waals surface area contributed by atoms with Crippen LogP contribution in [0.2, 0.25) is 0 Å². The van der Waals surface area contributed by atoms with E-state index in [1.54, 1.807) is 4.90 Å². The van der Waals surface area contributed by atoms with Crippen molar-refractivity contribution in [3.63, 3.8) is 0 Å². The molecule has 1 saturated heterocycles. The summed E-state index contributed by atoms with van der Waals surface area (Å²) in [5, 5.41) is 10.3. The number of anilines is 1. The van der Waals surface area contributed by atoms with Crippen LogP contribution in [-0.2, 0) is 21.2 Å². The third kappa shape index (κ3) is 3.39. The lowest BCUT2D eigenvalue weighted by molar-refractivity contribution is 0.0730. The van der Waals surface area contributed by atoms with Gasteiger partial charge >= 0.3 is 0 Å². The third-order valence-corrected chi connectivity index (χ3v) is 7.06. The van der Waals surface area contributed by atoms with Crippen molar-refractivity contribution >= 4 is 21.6 Å². The van der Waals surface area contributed by atoms with E-state index in [2.05, 4.69) is 0 Å². The van der Waals surface area contributed by atoms with Crippen molar-refractivity contribution in [1.29, 1.82) is 0 Å². The minimum atomic E-state index is -3.75. The van der Waals surface area contributed by atoms with Gasteiger partial charge in [-0.1, -0.05) is 18.2 Å². The maximum atomic E-state index is 13.2. The summed E-state index contributed by atoms with van der Waals surface area (Å²) in [7, 11) is -3.75. The lowest BCUT2D eigenvalue weighted by atomic mass is 10.0. The Morgan fingerprint density at radius 3 is 2.57 bits per heavy atom. The summed E-state index contributed by atoms with van der Waals surface area (Å²) in [6, 6.07) is 11.5. The molecule has 4 rings (SSSR count). The molecule has 8 heteroatoms. The molecule has 0 spiro atoms. The monoisotopic (exact) mass is 402 g/mol. The Morgan fingerprint density at radius 2 is 1.79 bits per heavy atom. The molecule has 148 valence electrons. The van der Waals surface area contributed by atoms with Gasteiger partial charge in [0.15, 0.2) is 0 Å². The molecule has 0 saturated carbocycles. The molecular weight excluding hydrogens is 380 g/mol. The van der Waals surface area contributed by atoms with Crippen LogP contribution in [0.5, 0.6) is 5.75 Å². The number of rotatable bonds is 3. The van der Waals surface area contributed by atoms with E-state index in [-0.39, 0.29) is 29.3 Å². The SMILES string of the molecule is O=C(c1cc(S(=O)(=O)N2CCOCC2)ccc1O)N1CCCc2ccccc21. The lowest BCUT2D eigenvalue weighted by Gasteiger charge is -2.30. The molecule has 1 N–H and O–H groups in total. The van der Waals surface area contributed by atoms with Crippen LogP contribution in [0, 0.1) is 0 Å². The number of benzene rings is 2. The molecule has 0 aliphatic carbocycles. The Labute approximate surface area is 164 Å². The van der Waals surface area contributed by atoms with Crippen LogP contribution in [0.4, 0.5) is 5.69 Å². The fourth-order valence-electron chi connectivity index (χ4n) is 3.67. The molecule has 0 radical (unpaired) electrons. The van der Waals surface area contributed by atoms with Crippen LogP contribution in [0.3, 0.4) is 0 Å². The Morgan fingerprint density at radius 1 is 1.04 bits per heavy atom. The first-order valence-electron chi connectivity index (χ1n) is 9.29. The molecule has 0 unspecified atom stereocenters. The maximum Gasteiger partial charge on any atom is 0.262 e. The lowest BCUT2D eigenvalue weighted by Crippen LogP contribution is -2.40. The number of sulfonamides is 1. The van der Waals surface area contributed by atoms with E-state index in [9.17, 15) is 18.3 Å². The standard InChI is InChI=1S/C20H22N2O5S/c23-19-8-7-16(28(25,26)21-10-12-27-13-11-21)14-17(19)20(24)22-9-3-5-15-4-1-2-6-18(15)22/h1-2,4,6-8,14,23H,3,5,9-13H2. The van der Waals surface area contributed by atoms with Crippen molar-refractivity contribution in [2.24, 2.45) is 0 Å². The predicted octanol–water partition coefficient (Wildman–Crippen LogP) is 2.01. The molecule has 2 aliphatic heterocycles. The van der Waals surface area contributed by atoms with Crippen LogP contribution in [0.25, 0.3) is 0 Å². The van der Waals surface area contributed by atoms with Crippen molar-refractivity contribution < 1.29 is 23.1 Å². The first-order chi connectivity index (χ1) is 13.5. The number of aromatic hydroxyl groups is 1. The summed E-state index contributed by atoms with van der Waals surface area (Å²) in [4.78, 5) is 14.8. The summed E-state index contributed by atoms with van der Waals surface area (Å²) in [5.41, 5.74) is 1.87. The molecule has 2 aromatic rings. The largest absolute Gasteiger partial charge is 0.507 e. The average molecular weight is 402 g/mol. The first kappa shape index (κ1) is 18.9. The highest BCUT2D eigenvalue weighted by Gasteiger charge is 2.30. The summed E-state index contributed by atoms with van der Waals surface area (Å²) >= 11 is 0. The van der Waals surface area contributed by atoms with E-state index < -0.39 is 15.9 Å². The molecular formula is C20H22N2O5S. The molecule has 1 fully saturated rings. The van der Waals surface area contributed by atoms with Gasteiger partial charge in [-0.25, -0.2) is 8.42 Å². The number of morpholine rings is 1. The number of hydrogen-bond acceptors (Lipinski definition) is 5. The van der Waals surface area contributed by atoms with Gasteiger partial charge in [-0.2, -0.15) is 4.31 Å². The second-order valence-electron chi connectivity index (χ2n) is 6.88. The van der Waals surface area contributed by atoms with Crippen LogP contribution >= 0.6 is 0 Å². The molecule has 0 bridgehead atoms. The van der Waals surface area contributed by atoms with E-state index >= 15 is 0 Å². The van der Waals surface area contributed by atoms with Gasteiger partial charge in [0.05, 0.1) is 23.7 Å². The Balaban J connectivity index is 1.69. The zero-order chi connectivity index (χ0) is 19.7. The number of nitrogens with zero attached hydrogens (tertiary/aromatic N) is 2. The summed E-state index contributed by atoms with van der Waals surface area (Å²) in [6.07, 6.45) is 1.70. The van der Waals surface area contributed by atoms with Gasteiger partial charge in [-0.3, -0.25) is 4.79 Å². The third-order valence-electron chi connectivity index (χ3n) is 5.16. The highest BCUT2D eigenvalue weighted by molar-refractivity contribution is 7.89. The number of carbonyl (C=O) groups is 1. The number of ether oxygens (including phenoxy) is 1. The van der Waals surface area contributed by atoms with Gasteiger partial charge in [0, 0.05) is 25.3 Å². The fraction of sp³-hybridized carbons (Fsp3) is 0.350. The van der Waals surface area contributed by atoms with Crippen LogP contribution in [0.15, 0.2) is 47.4 Å². The molecule has 2 heterocycles. The molecule has 2 aliphatic rings. The summed E-state index contributed by atoms with van der Waals surface area (Å²) in [5.74, 6) is -0.627. The van der Waals surface area contributed by atoms with Crippen molar-refractivity contribution in [2.75, 3.05) is 37.7 Å². The molecule has 1 amide bonds. The van der Waals surface area contributed by atoms with Crippen molar-refractivity contribution in [2.45, 2.75) is 17.7 Å². The highest BCUT2D eigenvalue weighted by Crippen LogP contribution is 2.31. The molecule has 0 aromatic heterocycles. The second kappa shape index (κ2) is 7.54. The van der Waals surface area contributed by atoms with Crippen LogP contribution in [-0.4, -0.2) is 56.6 Å². The van der Waals surface area contributed by atoms with Gasteiger partial charge in [0.25, 0.3) is 5.91 Å². The van der Waals surface area contributed by atoms with Gasteiger partial charge in [0.1, 0.15) is 5.75 Å². The normalized spacial score (nSPS) is 17.9. The highest BCUT2D eigenvalue weighted by atomic mass is 32.2. The fourth-order valence-corrected chi connectivity index (χ4v) is 5.11. The van der Waals surface area contributed by atoms with Crippen LogP contribution < -0.4 is 4.90 Å². The van der Waals surface area contributed by atoms with Gasteiger partial charge in [0.2, 0.25) is 10.0 Å². The molecule has 2 aromatic carbocycles. The summed E-state index contributed by atoms with van der Waals surface area (Å²) in [6.45, 7) is 1.75.